The fourth-order valence-corrected chi connectivity index (χ4v) is 2.54. The summed E-state index contributed by atoms with van der Waals surface area (Å²) in [7, 11) is 1.98. The third kappa shape index (κ3) is 2.94. The molecule has 4 heteroatoms. The van der Waals surface area contributed by atoms with Crippen LogP contribution in [0.25, 0.3) is 0 Å². The molecule has 0 spiro atoms. The Morgan fingerprint density at radius 1 is 1.53 bits per heavy atom. The van der Waals surface area contributed by atoms with Gasteiger partial charge in [-0.05, 0) is 31.6 Å². The summed E-state index contributed by atoms with van der Waals surface area (Å²) in [6.45, 7) is 6.44. The predicted octanol–water partition coefficient (Wildman–Crippen LogP) is 1.90. The van der Waals surface area contributed by atoms with Gasteiger partial charge < -0.3 is 9.88 Å². The van der Waals surface area contributed by atoms with Crippen molar-refractivity contribution < 1.29 is 0 Å². The first-order valence-corrected chi connectivity index (χ1v) is 6.38. The Hall–Kier alpha value is -1.16. The molecule has 1 aromatic heterocycles. The topological polar surface area (TPSA) is 42.7 Å². The zero-order chi connectivity index (χ0) is 12.3. The molecule has 2 rings (SSSR count). The summed E-state index contributed by atoms with van der Waals surface area (Å²) in [4.78, 5) is 0. The molecule has 17 heavy (non-hydrogen) atoms. The van der Waals surface area contributed by atoms with E-state index in [1.54, 1.807) is 6.33 Å². The number of aromatic nitrogens is 3. The van der Waals surface area contributed by atoms with Gasteiger partial charge in [0.15, 0.2) is 0 Å². The molecule has 0 saturated carbocycles. The number of nitrogens with one attached hydrogen (secondary N) is 1. The van der Waals surface area contributed by atoms with Gasteiger partial charge in [0, 0.05) is 13.6 Å². The highest BCUT2D eigenvalue weighted by Crippen LogP contribution is 2.29. The van der Waals surface area contributed by atoms with Crippen molar-refractivity contribution in [1.29, 1.82) is 0 Å². The molecule has 1 N–H and O–H groups in total. The maximum absolute atomic E-state index is 4.07. The van der Waals surface area contributed by atoms with Gasteiger partial charge in [0.1, 0.15) is 12.2 Å². The zero-order valence-corrected chi connectivity index (χ0v) is 11.0. The first kappa shape index (κ1) is 12.3. The minimum atomic E-state index is 0.678. The standard InChI is InChI=1S/C13H22N4/c1-10-5-4-6-11(2)12(10)7-14-8-13-16-15-9-17(13)3/h5,9,11-12,14H,4,6-8H2,1-3H3/t11-,12-/m0/s1. The van der Waals surface area contributed by atoms with Crippen molar-refractivity contribution in [2.24, 2.45) is 18.9 Å². The molecule has 0 saturated heterocycles. The van der Waals surface area contributed by atoms with E-state index >= 15 is 0 Å². The molecular weight excluding hydrogens is 212 g/mol. The van der Waals surface area contributed by atoms with Crippen molar-refractivity contribution in [2.75, 3.05) is 6.54 Å². The van der Waals surface area contributed by atoms with E-state index in [1.165, 1.54) is 18.4 Å². The van der Waals surface area contributed by atoms with E-state index in [2.05, 4.69) is 35.4 Å². The largest absolute Gasteiger partial charge is 0.320 e. The van der Waals surface area contributed by atoms with E-state index < -0.39 is 0 Å². The molecule has 0 amide bonds. The van der Waals surface area contributed by atoms with Crippen molar-refractivity contribution in [2.45, 2.75) is 33.2 Å². The molecule has 4 nitrogen and oxygen atoms in total. The molecule has 1 heterocycles. The van der Waals surface area contributed by atoms with Crippen molar-refractivity contribution >= 4 is 0 Å². The van der Waals surface area contributed by atoms with Crippen LogP contribution in [0.1, 0.15) is 32.5 Å². The number of rotatable bonds is 4. The highest BCUT2D eigenvalue weighted by atomic mass is 15.3. The Kier molecular flexibility index (Phi) is 3.94. The fourth-order valence-electron chi connectivity index (χ4n) is 2.54. The molecule has 1 aliphatic rings. The Morgan fingerprint density at radius 3 is 3.00 bits per heavy atom. The number of allylic oxidation sites excluding steroid dienone is 1. The zero-order valence-electron chi connectivity index (χ0n) is 11.0. The van der Waals surface area contributed by atoms with E-state index in [1.807, 2.05) is 11.6 Å². The Morgan fingerprint density at radius 2 is 2.35 bits per heavy atom. The lowest BCUT2D eigenvalue weighted by Gasteiger charge is -2.28. The number of nitrogens with zero attached hydrogens (tertiary/aromatic N) is 3. The van der Waals surface area contributed by atoms with Crippen LogP contribution in [0.5, 0.6) is 0 Å². The lowest BCUT2D eigenvalue weighted by Crippen LogP contribution is -2.30. The Balaban J connectivity index is 1.84. The second-order valence-electron chi connectivity index (χ2n) is 5.10. The van der Waals surface area contributed by atoms with Crippen molar-refractivity contribution in [3.05, 3.63) is 23.8 Å². The van der Waals surface area contributed by atoms with Crippen molar-refractivity contribution in [1.82, 2.24) is 20.1 Å². The van der Waals surface area contributed by atoms with Crippen LogP contribution in [0.4, 0.5) is 0 Å². The van der Waals surface area contributed by atoms with Crippen molar-refractivity contribution in [3.8, 4) is 0 Å². The van der Waals surface area contributed by atoms with Gasteiger partial charge >= 0.3 is 0 Å². The molecule has 0 bridgehead atoms. The van der Waals surface area contributed by atoms with E-state index in [4.69, 9.17) is 0 Å². The SMILES string of the molecule is CC1=CCC[C@H](C)[C@H]1CNCc1nncn1C. The normalized spacial score (nSPS) is 24.8. The molecular formula is C13H22N4. The van der Waals surface area contributed by atoms with Gasteiger partial charge in [-0.25, -0.2) is 0 Å². The van der Waals surface area contributed by atoms with Gasteiger partial charge in [0.05, 0.1) is 6.54 Å². The maximum Gasteiger partial charge on any atom is 0.146 e. The average Bonchev–Trinajstić information content (AvgIpc) is 2.69. The van der Waals surface area contributed by atoms with Crippen LogP contribution in [0.3, 0.4) is 0 Å². The van der Waals surface area contributed by atoms with E-state index in [-0.39, 0.29) is 0 Å². The minimum absolute atomic E-state index is 0.678. The van der Waals surface area contributed by atoms with Crippen LogP contribution in [-0.2, 0) is 13.6 Å². The number of aryl methyl sites for hydroxylation is 1. The van der Waals surface area contributed by atoms with E-state index in [0.717, 1.165) is 24.8 Å². The maximum atomic E-state index is 4.07. The fraction of sp³-hybridized carbons (Fsp3) is 0.692. The second kappa shape index (κ2) is 5.45. The Bertz CT molecular complexity index is 394. The molecule has 0 fully saturated rings. The van der Waals surface area contributed by atoms with Gasteiger partial charge in [0.2, 0.25) is 0 Å². The van der Waals surface area contributed by atoms with Crippen LogP contribution >= 0.6 is 0 Å². The first-order valence-electron chi connectivity index (χ1n) is 6.38. The smallest absolute Gasteiger partial charge is 0.146 e. The van der Waals surface area contributed by atoms with E-state index in [9.17, 15) is 0 Å². The highest BCUT2D eigenvalue weighted by Gasteiger charge is 2.21. The van der Waals surface area contributed by atoms with Gasteiger partial charge in [-0.15, -0.1) is 10.2 Å². The summed E-state index contributed by atoms with van der Waals surface area (Å²) in [5.41, 5.74) is 1.54. The number of hydrogen-bond donors (Lipinski definition) is 1. The average molecular weight is 234 g/mol. The second-order valence-corrected chi connectivity index (χ2v) is 5.10. The number of hydrogen-bond acceptors (Lipinski definition) is 3. The summed E-state index contributed by atoms with van der Waals surface area (Å²) in [5, 5.41) is 11.4. The van der Waals surface area contributed by atoms with E-state index in [0.29, 0.717) is 5.92 Å². The van der Waals surface area contributed by atoms with Crippen LogP contribution < -0.4 is 5.32 Å². The summed E-state index contributed by atoms with van der Waals surface area (Å²) in [6.07, 6.45) is 6.68. The molecule has 0 aliphatic heterocycles. The molecule has 94 valence electrons. The summed E-state index contributed by atoms with van der Waals surface area (Å²) in [6, 6.07) is 0. The molecule has 0 aromatic carbocycles. The van der Waals surface area contributed by atoms with Gasteiger partial charge in [-0.1, -0.05) is 18.6 Å². The van der Waals surface area contributed by atoms with Crippen LogP contribution in [0, 0.1) is 11.8 Å². The van der Waals surface area contributed by atoms with Gasteiger partial charge in [-0.3, -0.25) is 0 Å². The first-order chi connectivity index (χ1) is 8.18. The monoisotopic (exact) mass is 234 g/mol. The van der Waals surface area contributed by atoms with Crippen LogP contribution in [0.2, 0.25) is 0 Å². The third-order valence-electron chi connectivity index (χ3n) is 3.81. The highest BCUT2D eigenvalue weighted by molar-refractivity contribution is 5.09. The van der Waals surface area contributed by atoms with Crippen LogP contribution in [0.15, 0.2) is 18.0 Å². The van der Waals surface area contributed by atoms with Crippen molar-refractivity contribution in [3.63, 3.8) is 0 Å². The molecule has 0 unspecified atom stereocenters. The molecule has 2 atom stereocenters. The lowest BCUT2D eigenvalue weighted by molar-refractivity contribution is 0.348. The molecule has 1 aromatic rings. The van der Waals surface area contributed by atoms with Gasteiger partial charge in [-0.2, -0.15) is 0 Å². The van der Waals surface area contributed by atoms with Crippen LogP contribution in [-0.4, -0.2) is 21.3 Å². The molecule has 0 radical (unpaired) electrons. The van der Waals surface area contributed by atoms with Gasteiger partial charge in [0.25, 0.3) is 0 Å². The molecule has 1 aliphatic carbocycles. The summed E-state index contributed by atoms with van der Waals surface area (Å²) >= 11 is 0. The summed E-state index contributed by atoms with van der Waals surface area (Å²) in [5.74, 6) is 2.46. The third-order valence-corrected chi connectivity index (χ3v) is 3.81. The Labute approximate surface area is 103 Å². The summed E-state index contributed by atoms with van der Waals surface area (Å²) < 4.78 is 1.96. The minimum Gasteiger partial charge on any atom is -0.320 e. The quantitative estimate of drug-likeness (QED) is 0.809. The predicted molar refractivity (Wildman–Crippen MR) is 68.4 cm³/mol. The lowest BCUT2D eigenvalue weighted by atomic mass is 9.80.